The number of hydrogen-bond donors (Lipinski definition) is 0. The zero-order valence-corrected chi connectivity index (χ0v) is 10.7. The van der Waals surface area contributed by atoms with Crippen molar-refractivity contribution in [3.8, 4) is 17.2 Å². The summed E-state index contributed by atoms with van der Waals surface area (Å²) in [5.41, 5.74) is 3.57. The summed E-state index contributed by atoms with van der Waals surface area (Å²) in [6, 6.07) is 12.3. The van der Waals surface area contributed by atoms with E-state index in [0.29, 0.717) is 5.56 Å². The number of aryl methyl sites for hydroxylation is 1. The van der Waals surface area contributed by atoms with Crippen LogP contribution in [0.4, 0.5) is 0 Å². The van der Waals surface area contributed by atoms with Crippen LogP contribution in [0.2, 0.25) is 0 Å². The van der Waals surface area contributed by atoms with E-state index in [4.69, 9.17) is 0 Å². The predicted molar refractivity (Wildman–Crippen MR) is 74.5 cm³/mol. The molecule has 18 heavy (non-hydrogen) atoms. The molecule has 2 nitrogen and oxygen atoms in total. The Morgan fingerprint density at radius 2 is 2.06 bits per heavy atom. The third-order valence-corrected chi connectivity index (χ3v) is 3.90. The number of hydrogen-bond acceptors (Lipinski definition) is 3. The van der Waals surface area contributed by atoms with E-state index in [1.165, 1.54) is 10.1 Å². The van der Waals surface area contributed by atoms with Crippen molar-refractivity contribution in [2.75, 3.05) is 0 Å². The maximum absolute atomic E-state index is 9.24. The van der Waals surface area contributed by atoms with Crippen LogP contribution in [0.15, 0.2) is 41.9 Å². The molecule has 1 aromatic carbocycles. The summed E-state index contributed by atoms with van der Waals surface area (Å²) in [6.07, 6.45) is 1.79. The second-order valence-electron chi connectivity index (χ2n) is 4.13. The third-order valence-electron chi connectivity index (χ3n) is 2.93. The van der Waals surface area contributed by atoms with Gasteiger partial charge < -0.3 is 0 Å². The lowest BCUT2D eigenvalue weighted by Crippen LogP contribution is -1.88. The SMILES string of the molecule is Cc1cc(C#N)c(-c2csc3ccccc23)cn1. The highest BCUT2D eigenvalue weighted by Gasteiger charge is 2.10. The summed E-state index contributed by atoms with van der Waals surface area (Å²) in [4.78, 5) is 4.30. The standard InChI is InChI=1S/C15H10N2S/c1-10-6-11(7-16)13(8-17-10)14-9-18-15-5-3-2-4-12(14)15/h2-6,8-9H,1H3. The molecule has 0 amide bonds. The molecule has 86 valence electrons. The molecule has 0 saturated carbocycles. The highest BCUT2D eigenvalue weighted by Crippen LogP contribution is 2.35. The molecule has 0 bridgehead atoms. The first-order chi connectivity index (χ1) is 8.79. The second kappa shape index (κ2) is 4.25. The molecule has 0 unspecified atom stereocenters. The van der Waals surface area contributed by atoms with Crippen molar-refractivity contribution in [3.63, 3.8) is 0 Å². The van der Waals surface area contributed by atoms with E-state index < -0.39 is 0 Å². The minimum atomic E-state index is 0.686. The Morgan fingerprint density at radius 1 is 1.22 bits per heavy atom. The number of nitrogens with zero attached hydrogens (tertiary/aromatic N) is 2. The Bertz CT molecular complexity index is 766. The number of thiophene rings is 1. The Labute approximate surface area is 109 Å². The largest absolute Gasteiger partial charge is 0.261 e. The van der Waals surface area contributed by atoms with E-state index in [9.17, 15) is 5.26 Å². The molecule has 3 aromatic rings. The van der Waals surface area contributed by atoms with Crippen LogP contribution >= 0.6 is 11.3 Å². The van der Waals surface area contributed by atoms with Crippen LogP contribution in [0.25, 0.3) is 21.2 Å². The molecular weight excluding hydrogens is 240 g/mol. The number of benzene rings is 1. The lowest BCUT2D eigenvalue weighted by Gasteiger charge is -2.03. The molecule has 0 aliphatic carbocycles. The number of fused-ring (bicyclic) bond motifs is 1. The van der Waals surface area contributed by atoms with E-state index in [1.807, 2.05) is 25.1 Å². The van der Waals surface area contributed by atoms with Gasteiger partial charge in [0.25, 0.3) is 0 Å². The smallest absolute Gasteiger partial charge is 0.0999 e. The maximum atomic E-state index is 9.24. The highest BCUT2D eigenvalue weighted by molar-refractivity contribution is 7.17. The van der Waals surface area contributed by atoms with Crippen LogP contribution in [0.3, 0.4) is 0 Å². The average molecular weight is 250 g/mol. The Hall–Kier alpha value is -2.18. The second-order valence-corrected chi connectivity index (χ2v) is 5.04. The zero-order chi connectivity index (χ0) is 12.5. The zero-order valence-electron chi connectivity index (χ0n) is 9.84. The Morgan fingerprint density at radius 3 is 2.89 bits per heavy atom. The van der Waals surface area contributed by atoms with Gasteiger partial charge in [-0.3, -0.25) is 4.98 Å². The lowest BCUT2D eigenvalue weighted by atomic mass is 10.0. The predicted octanol–water partition coefficient (Wildman–Crippen LogP) is 4.14. The van der Waals surface area contributed by atoms with Crippen LogP contribution in [0.1, 0.15) is 11.3 Å². The van der Waals surface area contributed by atoms with Crippen molar-refractivity contribution in [2.24, 2.45) is 0 Å². The monoisotopic (exact) mass is 250 g/mol. The van der Waals surface area contributed by atoms with Gasteiger partial charge in [-0.05, 0) is 24.4 Å². The summed E-state index contributed by atoms with van der Waals surface area (Å²) in [5.74, 6) is 0. The molecule has 0 aliphatic heterocycles. The number of aromatic nitrogens is 1. The Balaban J connectivity index is 2.30. The molecule has 2 aromatic heterocycles. The van der Waals surface area contributed by atoms with Gasteiger partial charge in [0.05, 0.1) is 11.6 Å². The van der Waals surface area contributed by atoms with Crippen molar-refractivity contribution in [1.82, 2.24) is 4.98 Å². The van der Waals surface area contributed by atoms with Gasteiger partial charge in [-0.2, -0.15) is 5.26 Å². The fraction of sp³-hybridized carbons (Fsp3) is 0.0667. The van der Waals surface area contributed by atoms with Gasteiger partial charge in [0, 0.05) is 33.1 Å². The van der Waals surface area contributed by atoms with E-state index in [0.717, 1.165) is 16.8 Å². The summed E-state index contributed by atoms with van der Waals surface area (Å²) in [7, 11) is 0. The Kier molecular flexibility index (Phi) is 2.58. The molecule has 0 N–H and O–H groups in total. The lowest BCUT2D eigenvalue weighted by molar-refractivity contribution is 1.19. The quantitative estimate of drug-likeness (QED) is 0.650. The van der Waals surface area contributed by atoms with Crippen LogP contribution in [0, 0.1) is 18.3 Å². The van der Waals surface area contributed by atoms with Gasteiger partial charge >= 0.3 is 0 Å². The molecular formula is C15H10N2S. The fourth-order valence-electron chi connectivity index (χ4n) is 2.05. The summed E-state index contributed by atoms with van der Waals surface area (Å²) < 4.78 is 1.23. The number of pyridine rings is 1. The molecule has 3 heteroatoms. The molecule has 0 atom stereocenters. The summed E-state index contributed by atoms with van der Waals surface area (Å²) in [5, 5.41) is 12.5. The first kappa shape index (κ1) is 10.9. The summed E-state index contributed by atoms with van der Waals surface area (Å²) >= 11 is 1.69. The fourth-order valence-corrected chi connectivity index (χ4v) is 3.01. The van der Waals surface area contributed by atoms with Crippen molar-refractivity contribution in [1.29, 1.82) is 5.26 Å². The topological polar surface area (TPSA) is 36.7 Å². The molecule has 0 fully saturated rings. The van der Waals surface area contributed by atoms with Crippen LogP contribution in [-0.2, 0) is 0 Å². The first-order valence-electron chi connectivity index (χ1n) is 5.63. The molecule has 0 radical (unpaired) electrons. The van der Waals surface area contributed by atoms with Crippen molar-refractivity contribution < 1.29 is 0 Å². The molecule has 0 spiro atoms. The molecule has 0 aliphatic rings. The van der Waals surface area contributed by atoms with Crippen molar-refractivity contribution >= 4 is 21.4 Å². The molecule has 2 heterocycles. The minimum absolute atomic E-state index is 0.686. The average Bonchev–Trinajstić information content (AvgIpc) is 2.82. The normalized spacial score (nSPS) is 10.4. The van der Waals surface area contributed by atoms with Crippen LogP contribution < -0.4 is 0 Å². The van der Waals surface area contributed by atoms with E-state index in [1.54, 1.807) is 17.5 Å². The minimum Gasteiger partial charge on any atom is -0.261 e. The van der Waals surface area contributed by atoms with Gasteiger partial charge in [-0.1, -0.05) is 18.2 Å². The van der Waals surface area contributed by atoms with Gasteiger partial charge in [0.15, 0.2) is 0 Å². The van der Waals surface area contributed by atoms with E-state index in [2.05, 4.69) is 28.6 Å². The maximum Gasteiger partial charge on any atom is 0.0999 e. The third kappa shape index (κ3) is 1.68. The summed E-state index contributed by atoms with van der Waals surface area (Å²) in [6.45, 7) is 1.90. The number of rotatable bonds is 1. The van der Waals surface area contributed by atoms with E-state index >= 15 is 0 Å². The van der Waals surface area contributed by atoms with Crippen LogP contribution in [-0.4, -0.2) is 4.98 Å². The number of nitriles is 1. The van der Waals surface area contributed by atoms with E-state index in [-0.39, 0.29) is 0 Å². The van der Waals surface area contributed by atoms with Crippen molar-refractivity contribution in [3.05, 3.63) is 53.2 Å². The molecule has 3 rings (SSSR count). The highest BCUT2D eigenvalue weighted by atomic mass is 32.1. The van der Waals surface area contributed by atoms with Gasteiger partial charge in [-0.15, -0.1) is 11.3 Å². The van der Waals surface area contributed by atoms with Gasteiger partial charge in [0.1, 0.15) is 0 Å². The first-order valence-corrected chi connectivity index (χ1v) is 6.51. The van der Waals surface area contributed by atoms with Gasteiger partial charge in [-0.25, -0.2) is 0 Å². The molecule has 0 saturated heterocycles. The van der Waals surface area contributed by atoms with Crippen molar-refractivity contribution in [2.45, 2.75) is 6.92 Å². The van der Waals surface area contributed by atoms with Crippen LogP contribution in [0.5, 0.6) is 0 Å². The van der Waals surface area contributed by atoms with Gasteiger partial charge in [0.2, 0.25) is 0 Å².